The first-order valence-corrected chi connectivity index (χ1v) is 6.44. The molecule has 1 amide bonds. The summed E-state index contributed by atoms with van der Waals surface area (Å²) in [5.74, 6) is -1.37. The number of nitrogens with one attached hydrogen (secondary N) is 2. The lowest BCUT2D eigenvalue weighted by Crippen LogP contribution is -2.23. The Morgan fingerprint density at radius 1 is 1.33 bits per heavy atom. The van der Waals surface area contributed by atoms with Crippen molar-refractivity contribution in [1.29, 1.82) is 0 Å². The van der Waals surface area contributed by atoms with Crippen LogP contribution in [0.25, 0.3) is 0 Å². The minimum absolute atomic E-state index is 0.0592. The number of hydrogen-bond acceptors (Lipinski definition) is 3. The number of aromatic nitrogens is 1. The third-order valence-electron chi connectivity index (χ3n) is 2.79. The van der Waals surface area contributed by atoms with Crippen molar-refractivity contribution in [2.45, 2.75) is 6.54 Å². The van der Waals surface area contributed by atoms with Gasteiger partial charge in [0.15, 0.2) is 0 Å². The molecule has 21 heavy (non-hydrogen) atoms. The van der Waals surface area contributed by atoms with Gasteiger partial charge >= 0.3 is 0 Å². The van der Waals surface area contributed by atoms with Crippen molar-refractivity contribution in [3.63, 3.8) is 0 Å². The van der Waals surface area contributed by atoms with Gasteiger partial charge in [0, 0.05) is 31.4 Å². The van der Waals surface area contributed by atoms with Gasteiger partial charge in [0.1, 0.15) is 17.5 Å². The average molecular weight is 312 g/mol. The lowest BCUT2D eigenvalue weighted by Gasteiger charge is -2.08. The Kier molecular flexibility index (Phi) is 4.70. The summed E-state index contributed by atoms with van der Waals surface area (Å²) in [4.78, 5) is 15.9. The largest absolute Gasteiger partial charge is 0.372 e. The fraction of sp³-hybridized carbons (Fsp3) is 0.143. The monoisotopic (exact) mass is 311 g/mol. The SMILES string of the molecule is CNc1ncc(C(=O)NCc2ccc(F)cc2F)cc1Cl. The van der Waals surface area contributed by atoms with Gasteiger partial charge in [-0.25, -0.2) is 13.8 Å². The van der Waals surface area contributed by atoms with E-state index in [-0.39, 0.29) is 17.7 Å². The van der Waals surface area contributed by atoms with E-state index in [1.165, 1.54) is 18.3 Å². The molecule has 2 aromatic rings. The van der Waals surface area contributed by atoms with Crippen molar-refractivity contribution < 1.29 is 13.6 Å². The van der Waals surface area contributed by atoms with E-state index in [0.717, 1.165) is 12.1 Å². The third-order valence-corrected chi connectivity index (χ3v) is 3.08. The van der Waals surface area contributed by atoms with Crippen LogP contribution in [0.1, 0.15) is 15.9 Å². The molecular formula is C14H12ClF2N3O. The number of nitrogens with zero attached hydrogens (tertiary/aromatic N) is 1. The maximum atomic E-state index is 13.4. The number of anilines is 1. The van der Waals surface area contributed by atoms with E-state index >= 15 is 0 Å². The number of carbonyl (C=O) groups is 1. The zero-order chi connectivity index (χ0) is 15.4. The molecular weight excluding hydrogens is 300 g/mol. The number of hydrogen-bond donors (Lipinski definition) is 2. The third kappa shape index (κ3) is 3.66. The summed E-state index contributed by atoms with van der Waals surface area (Å²) in [7, 11) is 1.66. The van der Waals surface area contributed by atoms with Gasteiger partial charge in [-0.05, 0) is 12.1 Å². The van der Waals surface area contributed by atoms with E-state index in [1.54, 1.807) is 7.05 Å². The van der Waals surface area contributed by atoms with Gasteiger partial charge in [-0.15, -0.1) is 0 Å². The van der Waals surface area contributed by atoms with E-state index in [4.69, 9.17) is 11.6 Å². The molecule has 110 valence electrons. The zero-order valence-electron chi connectivity index (χ0n) is 11.1. The van der Waals surface area contributed by atoms with Gasteiger partial charge < -0.3 is 10.6 Å². The van der Waals surface area contributed by atoms with Crippen LogP contribution < -0.4 is 10.6 Å². The second kappa shape index (κ2) is 6.49. The summed E-state index contributed by atoms with van der Waals surface area (Å²) in [5.41, 5.74) is 0.442. The minimum atomic E-state index is -0.711. The summed E-state index contributed by atoms with van der Waals surface area (Å²) in [6, 6.07) is 4.63. The summed E-state index contributed by atoms with van der Waals surface area (Å²) >= 11 is 5.93. The number of amides is 1. The molecule has 0 spiro atoms. The Morgan fingerprint density at radius 3 is 2.71 bits per heavy atom. The molecule has 1 aromatic carbocycles. The van der Waals surface area contributed by atoms with E-state index in [1.807, 2.05) is 0 Å². The van der Waals surface area contributed by atoms with Gasteiger partial charge in [-0.3, -0.25) is 4.79 Å². The van der Waals surface area contributed by atoms with Crippen LogP contribution in [0.15, 0.2) is 30.5 Å². The van der Waals surface area contributed by atoms with Crippen molar-refractivity contribution in [2.75, 3.05) is 12.4 Å². The molecule has 0 aliphatic rings. The predicted molar refractivity (Wildman–Crippen MR) is 76.3 cm³/mol. The highest BCUT2D eigenvalue weighted by molar-refractivity contribution is 6.33. The Bertz CT molecular complexity index is 679. The second-order valence-corrected chi connectivity index (χ2v) is 4.63. The highest BCUT2D eigenvalue weighted by Gasteiger charge is 2.10. The Balaban J connectivity index is 2.06. The fourth-order valence-corrected chi connectivity index (χ4v) is 1.95. The molecule has 0 unspecified atom stereocenters. The number of halogens is 3. The molecule has 0 aliphatic carbocycles. The number of rotatable bonds is 4. The van der Waals surface area contributed by atoms with Crippen molar-refractivity contribution in [1.82, 2.24) is 10.3 Å². The van der Waals surface area contributed by atoms with Crippen LogP contribution in [0, 0.1) is 11.6 Å². The minimum Gasteiger partial charge on any atom is -0.372 e. The molecule has 1 aromatic heterocycles. The smallest absolute Gasteiger partial charge is 0.253 e. The fourth-order valence-electron chi connectivity index (χ4n) is 1.69. The number of carbonyl (C=O) groups excluding carboxylic acids is 1. The normalized spacial score (nSPS) is 10.3. The molecule has 0 atom stereocenters. The van der Waals surface area contributed by atoms with Gasteiger partial charge in [0.05, 0.1) is 10.6 Å². The maximum Gasteiger partial charge on any atom is 0.253 e. The van der Waals surface area contributed by atoms with Crippen LogP contribution in [0.5, 0.6) is 0 Å². The zero-order valence-corrected chi connectivity index (χ0v) is 11.8. The molecule has 0 aliphatic heterocycles. The van der Waals surface area contributed by atoms with Gasteiger partial charge in [-0.1, -0.05) is 17.7 Å². The van der Waals surface area contributed by atoms with Crippen molar-refractivity contribution in [3.05, 3.63) is 58.2 Å². The highest BCUT2D eigenvalue weighted by atomic mass is 35.5. The molecule has 2 N–H and O–H groups in total. The van der Waals surface area contributed by atoms with E-state index < -0.39 is 17.5 Å². The summed E-state index contributed by atoms with van der Waals surface area (Å²) in [6.07, 6.45) is 1.36. The Hall–Kier alpha value is -2.21. The molecule has 0 saturated heterocycles. The summed E-state index contributed by atoms with van der Waals surface area (Å²) in [6.45, 7) is -0.0592. The van der Waals surface area contributed by atoms with Gasteiger partial charge in [0.25, 0.3) is 5.91 Å². The summed E-state index contributed by atoms with van der Waals surface area (Å²) in [5, 5.41) is 5.60. The number of benzene rings is 1. The van der Waals surface area contributed by atoms with E-state index in [9.17, 15) is 13.6 Å². The van der Waals surface area contributed by atoms with Gasteiger partial charge in [-0.2, -0.15) is 0 Å². The first-order chi connectivity index (χ1) is 10.0. The Morgan fingerprint density at radius 2 is 2.10 bits per heavy atom. The van der Waals surface area contributed by atoms with Crippen LogP contribution in [0.3, 0.4) is 0 Å². The Labute approximate surface area is 125 Å². The topological polar surface area (TPSA) is 54.0 Å². The van der Waals surface area contributed by atoms with Crippen molar-refractivity contribution in [2.24, 2.45) is 0 Å². The van der Waals surface area contributed by atoms with E-state index in [0.29, 0.717) is 10.8 Å². The second-order valence-electron chi connectivity index (χ2n) is 4.22. The molecule has 0 saturated carbocycles. The van der Waals surface area contributed by atoms with Crippen LogP contribution in [0.4, 0.5) is 14.6 Å². The molecule has 4 nitrogen and oxygen atoms in total. The maximum absolute atomic E-state index is 13.4. The predicted octanol–water partition coefficient (Wildman–Crippen LogP) is 2.98. The quantitative estimate of drug-likeness (QED) is 0.912. The summed E-state index contributed by atoms with van der Waals surface area (Å²) < 4.78 is 26.2. The average Bonchev–Trinajstić information content (AvgIpc) is 2.46. The molecule has 1 heterocycles. The van der Waals surface area contributed by atoms with Crippen LogP contribution in [0.2, 0.25) is 5.02 Å². The first-order valence-electron chi connectivity index (χ1n) is 6.06. The molecule has 0 radical (unpaired) electrons. The highest BCUT2D eigenvalue weighted by Crippen LogP contribution is 2.19. The van der Waals surface area contributed by atoms with Crippen molar-refractivity contribution >= 4 is 23.3 Å². The molecule has 7 heteroatoms. The van der Waals surface area contributed by atoms with Crippen LogP contribution in [-0.2, 0) is 6.54 Å². The van der Waals surface area contributed by atoms with Crippen LogP contribution in [-0.4, -0.2) is 17.9 Å². The first kappa shape index (κ1) is 15.2. The molecule has 0 fully saturated rings. The standard InChI is InChI=1S/C14H12ClF2N3O/c1-18-13-11(15)4-9(7-19-13)14(21)20-6-8-2-3-10(16)5-12(8)17/h2-5,7H,6H2,1H3,(H,18,19)(H,20,21). The lowest BCUT2D eigenvalue weighted by atomic mass is 10.2. The number of pyridine rings is 1. The van der Waals surface area contributed by atoms with Gasteiger partial charge in [0.2, 0.25) is 0 Å². The van der Waals surface area contributed by atoms with Crippen LogP contribution >= 0.6 is 11.6 Å². The van der Waals surface area contributed by atoms with Crippen molar-refractivity contribution in [3.8, 4) is 0 Å². The molecule has 2 rings (SSSR count). The molecule has 0 bridgehead atoms. The van der Waals surface area contributed by atoms with E-state index in [2.05, 4.69) is 15.6 Å². The lowest BCUT2D eigenvalue weighted by molar-refractivity contribution is 0.0950.